The van der Waals surface area contributed by atoms with Gasteiger partial charge in [-0.3, -0.25) is 9.48 Å². The van der Waals surface area contributed by atoms with Crippen LogP contribution in [0.25, 0.3) is 0 Å². The van der Waals surface area contributed by atoms with Crippen LogP contribution in [0, 0.1) is 5.41 Å². The minimum atomic E-state index is -0.575. The molecule has 1 fully saturated rings. The maximum Gasteiger partial charge on any atom is 0.233 e. The van der Waals surface area contributed by atoms with Gasteiger partial charge in [-0.15, -0.1) is 0 Å². The average Bonchev–Trinajstić information content (AvgIpc) is 2.95. The zero-order valence-corrected chi connectivity index (χ0v) is 9.88. The van der Waals surface area contributed by atoms with Crippen LogP contribution >= 0.6 is 12.2 Å². The summed E-state index contributed by atoms with van der Waals surface area (Å²) in [6, 6.07) is 1.86. The zero-order chi connectivity index (χ0) is 11.8. The highest BCUT2D eigenvalue weighted by molar-refractivity contribution is 7.80. The molecule has 1 aromatic rings. The molecule has 2 rings (SSSR count). The van der Waals surface area contributed by atoms with Crippen molar-refractivity contribution < 1.29 is 4.79 Å². The number of nitrogens with zero attached hydrogens (tertiary/aromatic N) is 2. The maximum atomic E-state index is 11.9. The Kier molecular flexibility index (Phi) is 2.67. The lowest BCUT2D eigenvalue weighted by atomic mass is 10.1. The summed E-state index contributed by atoms with van der Waals surface area (Å²) in [7, 11) is 1.84. The van der Waals surface area contributed by atoms with Crippen molar-refractivity contribution in [3.63, 3.8) is 0 Å². The van der Waals surface area contributed by atoms with Crippen molar-refractivity contribution in [1.29, 1.82) is 0 Å². The summed E-state index contributed by atoms with van der Waals surface area (Å²) in [5.41, 5.74) is 5.94. The van der Waals surface area contributed by atoms with Crippen LogP contribution in [0.15, 0.2) is 12.3 Å². The molecule has 1 aromatic heterocycles. The molecule has 0 unspecified atom stereocenters. The predicted molar refractivity (Wildman–Crippen MR) is 63.5 cm³/mol. The molecule has 1 aliphatic rings. The van der Waals surface area contributed by atoms with E-state index in [-0.39, 0.29) is 5.91 Å². The largest absolute Gasteiger partial charge is 0.392 e. The highest BCUT2D eigenvalue weighted by atomic mass is 32.1. The Labute approximate surface area is 99.0 Å². The van der Waals surface area contributed by atoms with Gasteiger partial charge in [0, 0.05) is 13.2 Å². The van der Waals surface area contributed by atoms with Crippen molar-refractivity contribution in [1.82, 2.24) is 15.1 Å². The average molecular weight is 238 g/mol. The molecular formula is C10H14N4OS. The van der Waals surface area contributed by atoms with Crippen LogP contribution in [0.5, 0.6) is 0 Å². The Morgan fingerprint density at radius 3 is 2.88 bits per heavy atom. The van der Waals surface area contributed by atoms with Crippen molar-refractivity contribution in [3.8, 4) is 0 Å². The van der Waals surface area contributed by atoms with E-state index in [9.17, 15) is 4.79 Å². The Balaban J connectivity index is 1.95. The second kappa shape index (κ2) is 3.86. The van der Waals surface area contributed by atoms with E-state index in [0.717, 1.165) is 18.5 Å². The molecule has 86 valence electrons. The van der Waals surface area contributed by atoms with Gasteiger partial charge in [0.15, 0.2) is 0 Å². The van der Waals surface area contributed by atoms with Gasteiger partial charge in [0.05, 0.1) is 22.6 Å². The van der Waals surface area contributed by atoms with Crippen molar-refractivity contribution in [3.05, 3.63) is 18.0 Å². The maximum absolute atomic E-state index is 11.9. The summed E-state index contributed by atoms with van der Waals surface area (Å²) in [6.07, 6.45) is 3.22. The van der Waals surface area contributed by atoms with Crippen LogP contribution < -0.4 is 11.1 Å². The SMILES string of the molecule is Cn1nccc1CNC(=O)C1(C(N)=S)CC1. The van der Waals surface area contributed by atoms with Gasteiger partial charge in [0.25, 0.3) is 0 Å². The van der Waals surface area contributed by atoms with E-state index in [0.29, 0.717) is 11.5 Å². The van der Waals surface area contributed by atoms with E-state index in [1.807, 2.05) is 13.1 Å². The quantitative estimate of drug-likeness (QED) is 0.730. The minimum absolute atomic E-state index is 0.0683. The van der Waals surface area contributed by atoms with E-state index in [4.69, 9.17) is 18.0 Å². The van der Waals surface area contributed by atoms with Crippen LogP contribution in [0.1, 0.15) is 18.5 Å². The number of carbonyl (C=O) groups excluding carboxylic acids is 1. The normalized spacial score (nSPS) is 16.8. The van der Waals surface area contributed by atoms with Crippen molar-refractivity contribution in [2.45, 2.75) is 19.4 Å². The van der Waals surface area contributed by atoms with Gasteiger partial charge in [0.1, 0.15) is 0 Å². The number of hydrogen-bond donors (Lipinski definition) is 2. The van der Waals surface area contributed by atoms with E-state index in [2.05, 4.69) is 10.4 Å². The molecule has 16 heavy (non-hydrogen) atoms. The number of aryl methyl sites for hydroxylation is 1. The van der Waals surface area contributed by atoms with Gasteiger partial charge in [-0.25, -0.2) is 0 Å². The second-order valence-electron chi connectivity index (χ2n) is 4.08. The first-order valence-corrected chi connectivity index (χ1v) is 5.52. The van der Waals surface area contributed by atoms with E-state index >= 15 is 0 Å². The molecule has 0 saturated heterocycles. The number of amides is 1. The summed E-state index contributed by atoms with van der Waals surface area (Å²) in [6.45, 7) is 0.458. The van der Waals surface area contributed by atoms with E-state index < -0.39 is 5.41 Å². The number of nitrogens with one attached hydrogen (secondary N) is 1. The summed E-state index contributed by atoms with van der Waals surface area (Å²) in [5, 5.41) is 6.87. The fourth-order valence-corrected chi connectivity index (χ4v) is 1.92. The Morgan fingerprint density at radius 1 is 1.75 bits per heavy atom. The van der Waals surface area contributed by atoms with Crippen LogP contribution in [0.4, 0.5) is 0 Å². The molecule has 6 heteroatoms. The summed E-state index contributed by atoms with van der Waals surface area (Å²) in [5.74, 6) is -0.0683. The van der Waals surface area contributed by atoms with Crippen LogP contribution in [0.3, 0.4) is 0 Å². The number of nitrogens with two attached hydrogens (primary N) is 1. The molecule has 1 saturated carbocycles. The molecule has 0 radical (unpaired) electrons. The van der Waals surface area contributed by atoms with E-state index in [1.165, 1.54) is 0 Å². The van der Waals surface area contributed by atoms with Gasteiger partial charge in [-0.05, 0) is 18.9 Å². The molecule has 0 aromatic carbocycles. The molecular weight excluding hydrogens is 224 g/mol. The van der Waals surface area contributed by atoms with Crippen LogP contribution in [-0.2, 0) is 18.4 Å². The number of carbonyl (C=O) groups is 1. The van der Waals surface area contributed by atoms with Gasteiger partial charge in [-0.2, -0.15) is 5.10 Å². The number of rotatable bonds is 4. The molecule has 1 aliphatic carbocycles. The fourth-order valence-electron chi connectivity index (χ4n) is 1.63. The third kappa shape index (κ3) is 1.80. The Bertz CT molecular complexity index is 436. The van der Waals surface area contributed by atoms with Gasteiger partial charge in [-0.1, -0.05) is 12.2 Å². The lowest BCUT2D eigenvalue weighted by Gasteiger charge is -2.13. The highest BCUT2D eigenvalue weighted by Crippen LogP contribution is 2.46. The van der Waals surface area contributed by atoms with Gasteiger partial charge >= 0.3 is 0 Å². The van der Waals surface area contributed by atoms with Crippen LogP contribution in [0.2, 0.25) is 0 Å². The number of aromatic nitrogens is 2. The predicted octanol–water partition coefficient (Wildman–Crippen LogP) is 0.103. The summed E-state index contributed by atoms with van der Waals surface area (Å²) >= 11 is 4.91. The standard InChI is InChI=1S/C10H14N4OS/c1-14-7(2-5-13-14)6-12-9(15)10(3-4-10)8(11)16/h2,5H,3-4,6H2,1H3,(H2,11,16)(H,12,15). The Morgan fingerprint density at radius 2 is 2.44 bits per heavy atom. The highest BCUT2D eigenvalue weighted by Gasteiger charge is 2.52. The lowest BCUT2D eigenvalue weighted by molar-refractivity contribution is -0.124. The minimum Gasteiger partial charge on any atom is -0.392 e. The third-order valence-electron chi connectivity index (χ3n) is 3.01. The molecule has 0 aliphatic heterocycles. The van der Waals surface area contributed by atoms with Crippen molar-refractivity contribution >= 4 is 23.1 Å². The number of thiocarbonyl (C=S) groups is 1. The van der Waals surface area contributed by atoms with E-state index in [1.54, 1.807) is 10.9 Å². The third-order valence-corrected chi connectivity index (χ3v) is 3.40. The first kappa shape index (κ1) is 11.1. The molecule has 5 nitrogen and oxygen atoms in total. The first-order chi connectivity index (χ1) is 7.56. The monoisotopic (exact) mass is 238 g/mol. The molecule has 0 atom stereocenters. The molecule has 0 spiro atoms. The molecule has 1 heterocycles. The molecule has 3 N–H and O–H groups in total. The smallest absolute Gasteiger partial charge is 0.233 e. The lowest BCUT2D eigenvalue weighted by Crippen LogP contribution is -2.39. The van der Waals surface area contributed by atoms with Crippen molar-refractivity contribution in [2.24, 2.45) is 18.2 Å². The van der Waals surface area contributed by atoms with Gasteiger partial charge in [0.2, 0.25) is 5.91 Å². The number of hydrogen-bond acceptors (Lipinski definition) is 3. The summed E-state index contributed by atoms with van der Waals surface area (Å²) < 4.78 is 1.72. The Hall–Kier alpha value is -1.43. The van der Waals surface area contributed by atoms with Crippen molar-refractivity contribution in [2.75, 3.05) is 0 Å². The van der Waals surface area contributed by atoms with Gasteiger partial charge < -0.3 is 11.1 Å². The summed E-state index contributed by atoms with van der Waals surface area (Å²) in [4.78, 5) is 12.2. The molecule has 1 amide bonds. The molecule has 0 bridgehead atoms. The first-order valence-electron chi connectivity index (χ1n) is 5.11. The second-order valence-corrected chi connectivity index (χ2v) is 4.52. The zero-order valence-electron chi connectivity index (χ0n) is 9.06. The van der Waals surface area contributed by atoms with Crippen LogP contribution in [-0.4, -0.2) is 20.7 Å². The fraction of sp³-hybridized carbons (Fsp3) is 0.500. The topological polar surface area (TPSA) is 72.9 Å².